The molecule has 0 aliphatic carbocycles. The number of hydrogen-bond donors (Lipinski definition) is 0. The van der Waals surface area contributed by atoms with Crippen LogP contribution in [0.2, 0.25) is 5.02 Å². The largest absolute Gasteiger partial charge is 0.445 e. The number of rotatable bonds is 3. The Kier molecular flexibility index (Phi) is 3.27. The van der Waals surface area contributed by atoms with Gasteiger partial charge in [-0.05, 0) is 36.8 Å². The van der Waals surface area contributed by atoms with Crippen LogP contribution in [0.25, 0.3) is 0 Å². The van der Waals surface area contributed by atoms with Crippen LogP contribution in [0, 0.1) is 6.92 Å². The average molecular weight is 253 g/mol. The summed E-state index contributed by atoms with van der Waals surface area (Å²) in [6.07, 6.45) is 0.800. The summed E-state index contributed by atoms with van der Waals surface area (Å²) in [7, 11) is 0. The van der Waals surface area contributed by atoms with Gasteiger partial charge in [0, 0.05) is 0 Å². The van der Waals surface area contributed by atoms with Crippen LogP contribution in [0.15, 0.2) is 30.3 Å². The molecule has 4 heteroatoms. The predicted molar refractivity (Wildman–Crippen MR) is 66.0 cm³/mol. The predicted octanol–water partition coefficient (Wildman–Crippen LogP) is 4.31. The van der Waals surface area contributed by atoms with Crippen LogP contribution in [-0.2, 0) is 0 Å². The molecule has 0 atom stereocenters. The Balaban J connectivity index is 2.23. The maximum absolute atomic E-state index is 10.5. The van der Waals surface area contributed by atoms with Gasteiger partial charge < -0.3 is 4.74 Å². The minimum atomic E-state index is 0.570. The zero-order valence-corrected chi connectivity index (χ0v) is 10.1. The van der Waals surface area contributed by atoms with Gasteiger partial charge in [0.15, 0.2) is 11.3 Å². The van der Waals surface area contributed by atoms with Crippen molar-refractivity contribution in [1.29, 1.82) is 0 Å². The lowest BCUT2D eigenvalue weighted by Crippen LogP contribution is -1.82. The van der Waals surface area contributed by atoms with E-state index >= 15 is 0 Å². The number of ether oxygens (including phenoxy) is 1. The lowest BCUT2D eigenvalue weighted by atomic mass is 10.2. The fourth-order valence-electron chi connectivity index (χ4n) is 1.25. The summed E-state index contributed by atoms with van der Waals surface area (Å²) in [5.41, 5.74) is 1.08. The van der Waals surface area contributed by atoms with E-state index in [1.807, 2.05) is 25.1 Å². The number of halogens is 1. The van der Waals surface area contributed by atoms with E-state index < -0.39 is 0 Å². The summed E-state index contributed by atoms with van der Waals surface area (Å²) in [5, 5.41) is 1.23. The zero-order valence-electron chi connectivity index (χ0n) is 8.57. The topological polar surface area (TPSA) is 26.3 Å². The fraction of sp³-hybridized carbons (Fsp3) is 0.0833. The van der Waals surface area contributed by atoms with Gasteiger partial charge in [-0.1, -0.05) is 29.0 Å². The second-order valence-corrected chi connectivity index (χ2v) is 4.80. The summed E-state index contributed by atoms with van der Waals surface area (Å²) in [6.45, 7) is 1.96. The van der Waals surface area contributed by atoms with Gasteiger partial charge in [-0.3, -0.25) is 4.79 Å². The van der Waals surface area contributed by atoms with Gasteiger partial charge in [0.1, 0.15) is 5.75 Å². The Bertz CT molecular complexity index is 519. The van der Waals surface area contributed by atoms with Gasteiger partial charge in [-0.2, -0.15) is 0 Å². The molecule has 0 saturated heterocycles. The highest BCUT2D eigenvalue weighted by Gasteiger charge is 2.05. The summed E-state index contributed by atoms with van der Waals surface area (Å²) in [5.74, 6) is 0.603. The fourth-order valence-corrected chi connectivity index (χ4v) is 2.21. The third-order valence-corrected chi connectivity index (χ3v) is 3.20. The molecular weight excluding hydrogens is 244 g/mol. The van der Waals surface area contributed by atoms with E-state index in [4.69, 9.17) is 16.3 Å². The van der Waals surface area contributed by atoms with Crippen LogP contribution >= 0.6 is 22.9 Å². The van der Waals surface area contributed by atoms with Gasteiger partial charge in [-0.15, -0.1) is 0 Å². The van der Waals surface area contributed by atoms with Crippen molar-refractivity contribution in [1.82, 2.24) is 0 Å². The van der Waals surface area contributed by atoms with Gasteiger partial charge in [-0.25, -0.2) is 0 Å². The SMILES string of the molecule is Cc1ccc(Oc2ccc(C=O)s2)c(Cl)c1. The molecule has 0 bridgehead atoms. The number of benzene rings is 1. The maximum Gasteiger partial charge on any atom is 0.181 e. The molecule has 1 aromatic carbocycles. The van der Waals surface area contributed by atoms with Crippen molar-refractivity contribution in [2.75, 3.05) is 0 Å². The molecule has 0 aliphatic rings. The standard InChI is InChI=1S/C12H9ClO2S/c1-8-2-4-11(10(13)6-8)15-12-5-3-9(7-14)16-12/h2-7H,1H3. The van der Waals surface area contributed by atoms with E-state index in [9.17, 15) is 4.79 Å². The first kappa shape index (κ1) is 11.2. The first-order chi connectivity index (χ1) is 7.69. The Hall–Kier alpha value is -1.32. The van der Waals surface area contributed by atoms with Gasteiger partial charge in [0.05, 0.1) is 9.90 Å². The lowest BCUT2D eigenvalue weighted by Gasteiger charge is -2.05. The maximum atomic E-state index is 10.5. The van der Waals surface area contributed by atoms with Crippen LogP contribution in [0.1, 0.15) is 15.2 Å². The van der Waals surface area contributed by atoms with Crippen LogP contribution in [0.4, 0.5) is 0 Å². The van der Waals surface area contributed by atoms with Crippen LogP contribution in [0.3, 0.4) is 0 Å². The van der Waals surface area contributed by atoms with Crippen molar-refractivity contribution in [2.24, 2.45) is 0 Å². The second kappa shape index (κ2) is 4.68. The summed E-state index contributed by atoms with van der Waals surface area (Å²) >= 11 is 7.32. The molecule has 0 aliphatic heterocycles. The normalized spacial score (nSPS) is 10.1. The Morgan fingerprint density at radius 3 is 2.75 bits per heavy atom. The van der Waals surface area contributed by atoms with Crippen molar-refractivity contribution in [3.8, 4) is 10.8 Å². The minimum absolute atomic E-state index is 0.570. The molecule has 0 amide bonds. The first-order valence-corrected chi connectivity index (χ1v) is 5.87. The summed E-state index contributed by atoms with van der Waals surface area (Å²) in [4.78, 5) is 11.1. The molecule has 0 saturated carbocycles. The molecule has 16 heavy (non-hydrogen) atoms. The van der Waals surface area contributed by atoms with Gasteiger partial charge in [0.25, 0.3) is 0 Å². The van der Waals surface area contributed by atoms with Crippen LogP contribution < -0.4 is 4.74 Å². The number of carbonyl (C=O) groups excluding carboxylic acids is 1. The molecule has 2 aromatic rings. The molecule has 0 N–H and O–H groups in total. The van der Waals surface area contributed by atoms with E-state index in [-0.39, 0.29) is 0 Å². The lowest BCUT2D eigenvalue weighted by molar-refractivity contribution is 0.112. The van der Waals surface area contributed by atoms with Crippen molar-refractivity contribution < 1.29 is 9.53 Å². The molecule has 82 valence electrons. The zero-order chi connectivity index (χ0) is 11.5. The molecule has 1 aromatic heterocycles. The van der Waals surface area contributed by atoms with E-state index in [1.165, 1.54) is 11.3 Å². The number of aryl methyl sites for hydroxylation is 1. The summed E-state index contributed by atoms with van der Waals surface area (Å²) < 4.78 is 5.57. The first-order valence-electron chi connectivity index (χ1n) is 4.68. The van der Waals surface area contributed by atoms with E-state index in [1.54, 1.807) is 12.1 Å². The quantitative estimate of drug-likeness (QED) is 0.761. The van der Waals surface area contributed by atoms with Crippen molar-refractivity contribution >= 4 is 29.2 Å². The second-order valence-electron chi connectivity index (χ2n) is 3.31. The van der Waals surface area contributed by atoms with Crippen LogP contribution in [0.5, 0.6) is 10.8 Å². The summed E-state index contributed by atoms with van der Waals surface area (Å²) in [6, 6.07) is 9.05. The molecule has 0 spiro atoms. The van der Waals surface area contributed by atoms with Crippen LogP contribution in [-0.4, -0.2) is 6.29 Å². The molecule has 1 heterocycles. The third kappa shape index (κ3) is 2.43. The highest BCUT2D eigenvalue weighted by atomic mass is 35.5. The van der Waals surface area contributed by atoms with E-state index in [0.717, 1.165) is 11.8 Å². The van der Waals surface area contributed by atoms with Crippen molar-refractivity contribution in [2.45, 2.75) is 6.92 Å². The number of aldehydes is 1. The number of hydrogen-bond acceptors (Lipinski definition) is 3. The Morgan fingerprint density at radius 1 is 1.31 bits per heavy atom. The molecular formula is C12H9ClO2S. The monoisotopic (exact) mass is 252 g/mol. The average Bonchev–Trinajstić information content (AvgIpc) is 2.70. The Morgan fingerprint density at radius 2 is 2.12 bits per heavy atom. The van der Waals surface area contributed by atoms with Crippen molar-refractivity contribution in [3.63, 3.8) is 0 Å². The van der Waals surface area contributed by atoms with E-state index in [0.29, 0.717) is 20.7 Å². The molecule has 2 rings (SSSR count). The highest BCUT2D eigenvalue weighted by Crippen LogP contribution is 2.33. The molecule has 0 unspecified atom stereocenters. The molecule has 0 fully saturated rings. The van der Waals surface area contributed by atoms with Gasteiger partial charge in [0.2, 0.25) is 0 Å². The molecule has 2 nitrogen and oxygen atoms in total. The Labute approximate surface area is 102 Å². The number of thiophene rings is 1. The van der Waals surface area contributed by atoms with Gasteiger partial charge >= 0.3 is 0 Å². The molecule has 0 radical (unpaired) electrons. The third-order valence-electron chi connectivity index (χ3n) is 2.02. The van der Waals surface area contributed by atoms with Crippen molar-refractivity contribution in [3.05, 3.63) is 45.8 Å². The number of carbonyl (C=O) groups is 1. The smallest absolute Gasteiger partial charge is 0.181 e. The van der Waals surface area contributed by atoms with E-state index in [2.05, 4.69) is 0 Å². The minimum Gasteiger partial charge on any atom is -0.445 e. The highest BCUT2D eigenvalue weighted by molar-refractivity contribution is 7.15.